The van der Waals surface area contributed by atoms with Gasteiger partial charge in [-0.2, -0.15) is 0 Å². The Balaban J connectivity index is 0.00000341. The van der Waals surface area contributed by atoms with Crippen LogP contribution in [0.2, 0.25) is 0 Å². The highest BCUT2D eigenvalue weighted by Gasteiger charge is 2.11. The second-order valence-electron chi connectivity index (χ2n) is 7.77. The zero-order chi connectivity index (χ0) is 21.3. The molecule has 0 amide bonds. The Hall–Kier alpha value is -1.71. The first-order chi connectivity index (χ1) is 14.5. The first-order valence-electron chi connectivity index (χ1n) is 10.7. The van der Waals surface area contributed by atoms with Gasteiger partial charge in [0.1, 0.15) is 5.82 Å². The van der Waals surface area contributed by atoms with E-state index in [1.165, 1.54) is 5.56 Å². The average Bonchev–Trinajstić information content (AvgIpc) is 2.76. The van der Waals surface area contributed by atoms with E-state index < -0.39 is 0 Å². The molecule has 0 bridgehead atoms. The maximum atomic E-state index is 13.9. The molecular formula is C24H34FIN4O. The molecule has 170 valence electrons. The van der Waals surface area contributed by atoms with Crippen LogP contribution in [0, 0.1) is 12.7 Å². The molecule has 1 heterocycles. The summed E-state index contributed by atoms with van der Waals surface area (Å²) in [5.41, 5.74) is 4.02. The lowest BCUT2D eigenvalue weighted by molar-refractivity contribution is 0.0342. The first kappa shape index (κ1) is 25.5. The van der Waals surface area contributed by atoms with Gasteiger partial charge in [0.15, 0.2) is 5.96 Å². The van der Waals surface area contributed by atoms with Gasteiger partial charge in [0.05, 0.1) is 25.8 Å². The molecule has 31 heavy (non-hydrogen) atoms. The molecule has 1 saturated heterocycles. The molecule has 1 aliphatic heterocycles. The molecule has 2 N–H and O–H groups in total. The van der Waals surface area contributed by atoms with Crippen molar-refractivity contribution >= 4 is 29.9 Å². The molecular weight excluding hydrogens is 506 g/mol. The molecule has 1 atom stereocenters. The van der Waals surface area contributed by atoms with E-state index in [1.807, 2.05) is 26.0 Å². The summed E-state index contributed by atoms with van der Waals surface area (Å²) >= 11 is 0. The predicted molar refractivity (Wildman–Crippen MR) is 135 cm³/mol. The molecule has 1 unspecified atom stereocenters. The molecule has 2 aromatic carbocycles. The van der Waals surface area contributed by atoms with Crippen molar-refractivity contribution in [2.24, 2.45) is 4.99 Å². The fourth-order valence-electron chi connectivity index (χ4n) is 3.42. The van der Waals surface area contributed by atoms with Crippen LogP contribution >= 0.6 is 24.0 Å². The van der Waals surface area contributed by atoms with Crippen LogP contribution in [-0.4, -0.2) is 43.7 Å². The summed E-state index contributed by atoms with van der Waals surface area (Å²) < 4.78 is 19.3. The van der Waals surface area contributed by atoms with Gasteiger partial charge in [-0.25, -0.2) is 9.38 Å². The van der Waals surface area contributed by atoms with Crippen molar-refractivity contribution in [3.05, 3.63) is 70.5 Å². The largest absolute Gasteiger partial charge is 0.379 e. The Morgan fingerprint density at radius 1 is 1.13 bits per heavy atom. The van der Waals surface area contributed by atoms with E-state index in [0.29, 0.717) is 12.1 Å². The van der Waals surface area contributed by atoms with E-state index in [-0.39, 0.29) is 35.8 Å². The molecule has 2 aromatic rings. The Morgan fingerprint density at radius 3 is 2.45 bits per heavy atom. The Bertz CT molecular complexity index is 838. The molecule has 5 nitrogen and oxygen atoms in total. The summed E-state index contributed by atoms with van der Waals surface area (Å²) in [5, 5.41) is 6.64. The van der Waals surface area contributed by atoms with Crippen molar-refractivity contribution in [3.63, 3.8) is 0 Å². The van der Waals surface area contributed by atoms with E-state index >= 15 is 0 Å². The lowest BCUT2D eigenvalue weighted by Crippen LogP contribution is -2.38. The predicted octanol–water partition coefficient (Wildman–Crippen LogP) is 4.40. The van der Waals surface area contributed by atoms with Crippen LogP contribution in [-0.2, 0) is 17.8 Å². The first-order valence-corrected chi connectivity index (χ1v) is 10.7. The van der Waals surface area contributed by atoms with Gasteiger partial charge in [-0.1, -0.05) is 36.4 Å². The van der Waals surface area contributed by atoms with Gasteiger partial charge in [0.25, 0.3) is 0 Å². The highest BCUT2D eigenvalue weighted by atomic mass is 127. The normalized spacial score (nSPS) is 15.8. The fourth-order valence-corrected chi connectivity index (χ4v) is 3.42. The van der Waals surface area contributed by atoms with Crippen LogP contribution in [0.5, 0.6) is 0 Å². The van der Waals surface area contributed by atoms with E-state index in [1.54, 1.807) is 13.0 Å². The maximum Gasteiger partial charge on any atom is 0.192 e. The van der Waals surface area contributed by atoms with Gasteiger partial charge in [-0.15, -0.1) is 24.0 Å². The zero-order valence-electron chi connectivity index (χ0n) is 18.7. The van der Waals surface area contributed by atoms with Crippen molar-refractivity contribution in [1.82, 2.24) is 15.5 Å². The zero-order valence-corrected chi connectivity index (χ0v) is 21.0. The molecule has 1 aliphatic rings. The summed E-state index contributed by atoms with van der Waals surface area (Å²) in [5.74, 6) is 0.545. The van der Waals surface area contributed by atoms with Gasteiger partial charge in [0, 0.05) is 26.2 Å². The van der Waals surface area contributed by atoms with E-state index in [0.717, 1.165) is 56.5 Å². The highest BCUT2D eigenvalue weighted by molar-refractivity contribution is 14.0. The highest BCUT2D eigenvalue weighted by Crippen LogP contribution is 2.16. The molecule has 0 radical (unpaired) electrons. The molecule has 0 aromatic heterocycles. The maximum absolute atomic E-state index is 13.9. The van der Waals surface area contributed by atoms with Gasteiger partial charge in [-0.05, 0) is 49.1 Å². The Morgan fingerprint density at radius 2 is 1.81 bits per heavy atom. The molecule has 0 spiro atoms. The summed E-state index contributed by atoms with van der Waals surface area (Å²) in [6.07, 6.45) is 0. The van der Waals surface area contributed by atoms with Crippen molar-refractivity contribution in [1.29, 1.82) is 0 Å². The Kier molecular flexibility index (Phi) is 10.7. The fraction of sp³-hybridized carbons (Fsp3) is 0.458. The second kappa shape index (κ2) is 13.0. The third-order valence-corrected chi connectivity index (χ3v) is 5.35. The van der Waals surface area contributed by atoms with Crippen LogP contribution in [0.4, 0.5) is 4.39 Å². The lowest BCUT2D eigenvalue weighted by atomic mass is 10.1. The molecule has 1 fully saturated rings. The number of morpholine rings is 1. The monoisotopic (exact) mass is 540 g/mol. The number of benzene rings is 2. The number of nitrogens with one attached hydrogen (secondary N) is 2. The van der Waals surface area contributed by atoms with E-state index in [4.69, 9.17) is 9.73 Å². The van der Waals surface area contributed by atoms with Crippen LogP contribution < -0.4 is 10.6 Å². The second-order valence-corrected chi connectivity index (χ2v) is 7.77. The summed E-state index contributed by atoms with van der Waals surface area (Å²) in [6, 6.07) is 13.9. The van der Waals surface area contributed by atoms with Crippen molar-refractivity contribution in [2.75, 3.05) is 32.8 Å². The van der Waals surface area contributed by atoms with Crippen LogP contribution in [0.1, 0.15) is 42.1 Å². The minimum atomic E-state index is -0.180. The van der Waals surface area contributed by atoms with Crippen molar-refractivity contribution in [3.8, 4) is 0 Å². The summed E-state index contributed by atoms with van der Waals surface area (Å²) in [4.78, 5) is 7.12. The van der Waals surface area contributed by atoms with Gasteiger partial charge < -0.3 is 15.4 Å². The summed E-state index contributed by atoms with van der Waals surface area (Å²) in [6.45, 7) is 11.8. The number of halogens is 2. The van der Waals surface area contributed by atoms with E-state index in [2.05, 4.69) is 39.8 Å². The quantitative estimate of drug-likeness (QED) is 0.311. The minimum absolute atomic E-state index is 0. The van der Waals surface area contributed by atoms with Crippen LogP contribution in [0.25, 0.3) is 0 Å². The molecule has 0 saturated carbocycles. The number of nitrogens with zero attached hydrogens (tertiary/aromatic N) is 2. The molecule has 3 rings (SSSR count). The van der Waals surface area contributed by atoms with Crippen LogP contribution in [0.15, 0.2) is 47.5 Å². The number of hydrogen-bond acceptors (Lipinski definition) is 3. The lowest BCUT2D eigenvalue weighted by Gasteiger charge is -2.26. The van der Waals surface area contributed by atoms with Gasteiger partial charge >= 0.3 is 0 Å². The minimum Gasteiger partial charge on any atom is -0.379 e. The van der Waals surface area contributed by atoms with Crippen molar-refractivity contribution < 1.29 is 9.13 Å². The SMILES string of the molecule is CCNC(=NCc1ccc(CN2CCOCC2)cc1)NC(C)c1ccc(C)c(F)c1.I. The van der Waals surface area contributed by atoms with E-state index in [9.17, 15) is 4.39 Å². The third-order valence-electron chi connectivity index (χ3n) is 5.35. The molecule has 0 aliphatic carbocycles. The van der Waals surface area contributed by atoms with Crippen LogP contribution in [0.3, 0.4) is 0 Å². The number of aliphatic imine (C=N–C) groups is 1. The Labute approximate surface area is 202 Å². The average molecular weight is 540 g/mol. The summed E-state index contributed by atoms with van der Waals surface area (Å²) in [7, 11) is 0. The van der Waals surface area contributed by atoms with Gasteiger partial charge in [-0.3, -0.25) is 4.90 Å². The van der Waals surface area contributed by atoms with Crippen molar-refractivity contribution in [2.45, 2.75) is 39.9 Å². The topological polar surface area (TPSA) is 48.9 Å². The smallest absolute Gasteiger partial charge is 0.192 e. The number of guanidine groups is 1. The number of hydrogen-bond donors (Lipinski definition) is 2. The number of ether oxygens (including phenoxy) is 1. The number of aryl methyl sites for hydroxylation is 1. The standard InChI is InChI=1S/C24H33FN4O.HI/c1-4-26-24(28-19(3)22-10-5-18(2)23(25)15-22)27-16-20-6-8-21(9-7-20)17-29-11-13-30-14-12-29;/h5-10,15,19H,4,11-14,16-17H2,1-3H3,(H2,26,27,28);1H. The molecule has 7 heteroatoms. The third kappa shape index (κ3) is 8.05. The number of rotatable bonds is 7. The van der Waals surface area contributed by atoms with Gasteiger partial charge in [0.2, 0.25) is 0 Å².